The van der Waals surface area contributed by atoms with E-state index < -0.39 is 22.3 Å². The first kappa shape index (κ1) is 15.0. The van der Waals surface area contributed by atoms with Crippen LogP contribution in [-0.2, 0) is 0 Å². The first-order valence-corrected chi connectivity index (χ1v) is 6.87. The molecule has 1 aromatic carbocycles. The molecule has 0 radical (unpaired) electrons. The summed E-state index contributed by atoms with van der Waals surface area (Å²) in [4.78, 5) is 27.0. The molecule has 1 atom stereocenters. The molecular weight excluding hydrogens is 297 g/mol. The van der Waals surface area contributed by atoms with Crippen LogP contribution in [0.25, 0.3) is 0 Å². The third-order valence-electron chi connectivity index (χ3n) is 2.76. The third kappa shape index (κ3) is 3.40. The van der Waals surface area contributed by atoms with Crippen LogP contribution in [0.4, 0.5) is 10.1 Å². The average Bonchev–Trinajstić information content (AvgIpc) is 2.85. The van der Waals surface area contributed by atoms with E-state index in [0.29, 0.717) is 0 Å². The van der Waals surface area contributed by atoms with Crippen molar-refractivity contribution in [1.29, 1.82) is 0 Å². The van der Waals surface area contributed by atoms with Crippen LogP contribution >= 0.6 is 11.3 Å². The lowest BCUT2D eigenvalue weighted by molar-refractivity contribution is -0.387. The second-order valence-electron chi connectivity index (χ2n) is 4.43. The predicted molar refractivity (Wildman–Crippen MR) is 75.8 cm³/mol. The van der Waals surface area contributed by atoms with Gasteiger partial charge >= 0.3 is 5.69 Å². The van der Waals surface area contributed by atoms with E-state index in [2.05, 4.69) is 10.3 Å². The van der Waals surface area contributed by atoms with Gasteiger partial charge in [-0.25, -0.2) is 4.98 Å². The Bertz CT molecular complexity index is 702. The maximum Gasteiger partial charge on any atom is 0.305 e. The highest BCUT2D eigenvalue weighted by Gasteiger charge is 2.19. The minimum Gasteiger partial charge on any atom is -0.343 e. The Morgan fingerprint density at radius 3 is 2.81 bits per heavy atom. The SMILES string of the molecule is Cc1cnc(C(C)NC(=O)c2ccc(F)c([N+](=O)[O-])c2)s1. The summed E-state index contributed by atoms with van der Waals surface area (Å²) in [5.41, 5.74) is -0.691. The van der Waals surface area contributed by atoms with E-state index in [1.54, 1.807) is 13.1 Å². The number of nitrogens with zero attached hydrogens (tertiary/aromatic N) is 2. The van der Waals surface area contributed by atoms with Gasteiger partial charge in [-0.2, -0.15) is 4.39 Å². The fourth-order valence-corrected chi connectivity index (χ4v) is 2.48. The van der Waals surface area contributed by atoms with Crippen molar-refractivity contribution in [3.63, 3.8) is 0 Å². The van der Waals surface area contributed by atoms with Gasteiger partial charge in [-0.1, -0.05) is 0 Å². The lowest BCUT2D eigenvalue weighted by atomic mass is 10.1. The Kier molecular flexibility index (Phi) is 4.27. The van der Waals surface area contributed by atoms with E-state index in [1.807, 2.05) is 6.92 Å². The number of benzene rings is 1. The van der Waals surface area contributed by atoms with Gasteiger partial charge < -0.3 is 5.32 Å². The van der Waals surface area contributed by atoms with Crippen LogP contribution in [0.2, 0.25) is 0 Å². The summed E-state index contributed by atoms with van der Waals surface area (Å²) >= 11 is 1.45. The molecule has 8 heteroatoms. The Balaban J connectivity index is 2.17. The van der Waals surface area contributed by atoms with Gasteiger partial charge in [-0.3, -0.25) is 14.9 Å². The second-order valence-corrected chi connectivity index (χ2v) is 5.69. The van der Waals surface area contributed by atoms with Gasteiger partial charge in [0.05, 0.1) is 11.0 Å². The fourth-order valence-electron chi connectivity index (χ4n) is 1.71. The molecule has 0 aliphatic heterocycles. The lowest BCUT2D eigenvalue weighted by Crippen LogP contribution is -2.26. The molecule has 1 N–H and O–H groups in total. The van der Waals surface area contributed by atoms with Crippen molar-refractivity contribution in [3.05, 3.63) is 55.8 Å². The number of nitro benzene ring substituents is 1. The molecule has 1 aromatic heterocycles. The maximum atomic E-state index is 13.2. The Hall–Kier alpha value is -2.35. The Morgan fingerprint density at radius 1 is 1.52 bits per heavy atom. The van der Waals surface area contributed by atoms with Gasteiger partial charge in [0.15, 0.2) is 0 Å². The number of carbonyl (C=O) groups is 1. The number of halogens is 1. The molecule has 0 aliphatic rings. The van der Waals surface area contributed by atoms with E-state index in [4.69, 9.17) is 0 Å². The number of carbonyl (C=O) groups excluding carboxylic acids is 1. The molecule has 2 rings (SSSR count). The normalized spacial score (nSPS) is 12.0. The highest BCUT2D eigenvalue weighted by atomic mass is 32.1. The van der Waals surface area contributed by atoms with Gasteiger partial charge in [-0.05, 0) is 26.0 Å². The zero-order valence-corrected chi connectivity index (χ0v) is 12.1. The first-order valence-electron chi connectivity index (χ1n) is 6.05. The first-order chi connectivity index (χ1) is 9.88. The summed E-state index contributed by atoms with van der Waals surface area (Å²) in [6.45, 7) is 3.66. The van der Waals surface area contributed by atoms with E-state index in [1.165, 1.54) is 17.4 Å². The zero-order valence-electron chi connectivity index (χ0n) is 11.3. The molecule has 0 fully saturated rings. The van der Waals surface area contributed by atoms with Crippen LogP contribution in [0.1, 0.15) is 33.2 Å². The van der Waals surface area contributed by atoms with E-state index >= 15 is 0 Å². The predicted octanol–water partition coefficient (Wildman–Crippen LogP) is 2.99. The molecule has 21 heavy (non-hydrogen) atoms. The van der Waals surface area contributed by atoms with Crippen LogP contribution in [0.5, 0.6) is 0 Å². The molecule has 110 valence electrons. The highest BCUT2D eigenvalue weighted by Crippen LogP contribution is 2.21. The summed E-state index contributed by atoms with van der Waals surface area (Å²) < 4.78 is 13.2. The number of amides is 1. The molecule has 1 amide bonds. The minimum atomic E-state index is -0.972. The number of aromatic nitrogens is 1. The van der Waals surface area contributed by atoms with Gasteiger partial charge in [0, 0.05) is 22.7 Å². The standard InChI is InChI=1S/C13H12FN3O3S/c1-7-6-15-13(21-7)8(2)16-12(18)9-3-4-10(14)11(5-9)17(19)20/h3-6,8H,1-2H3,(H,16,18). The lowest BCUT2D eigenvalue weighted by Gasteiger charge is -2.11. The highest BCUT2D eigenvalue weighted by molar-refractivity contribution is 7.11. The Labute approximate surface area is 123 Å². The molecule has 0 aliphatic carbocycles. The quantitative estimate of drug-likeness (QED) is 0.695. The molecule has 1 heterocycles. The van der Waals surface area contributed by atoms with Crippen LogP contribution in [0, 0.1) is 22.9 Å². The molecule has 0 saturated heterocycles. The molecule has 0 bridgehead atoms. The Morgan fingerprint density at radius 2 is 2.24 bits per heavy atom. The van der Waals surface area contributed by atoms with Crippen molar-refractivity contribution in [2.24, 2.45) is 0 Å². The van der Waals surface area contributed by atoms with Crippen molar-refractivity contribution in [2.75, 3.05) is 0 Å². The van der Waals surface area contributed by atoms with Crippen LogP contribution in [-0.4, -0.2) is 15.8 Å². The third-order valence-corrected chi connectivity index (χ3v) is 3.86. The molecular formula is C13H12FN3O3S. The zero-order chi connectivity index (χ0) is 15.6. The van der Waals surface area contributed by atoms with E-state index in [9.17, 15) is 19.3 Å². The number of rotatable bonds is 4. The van der Waals surface area contributed by atoms with Crippen LogP contribution in [0.15, 0.2) is 24.4 Å². The average molecular weight is 309 g/mol. The van der Waals surface area contributed by atoms with Crippen molar-refractivity contribution < 1.29 is 14.1 Å². The number of nitrogens with one attached hydrogen (secondary N) is 1. The van der Waals surface area contributed by atoms with E-state index in [0.717, 1.165) is 22.0 Å². The molecule has 6 nitrogen and oxygen atoms in total. The maximum absolute atomic E-state index is 13.2. The van der Waals surface area contributed by atoms with Gasteiger partial charge in [0.25, 0.3) is 5.91 Å². The molecule has 0 saturated carbocycles. The number of thiazole rings is 1. The summed E-state index contributed by atoms with van der Waals surface area (Å²) in [5, 5.41) is 14.1. The summed E-state index contributed by atoms with van der Waals surface area (Å²) in [6.07, 6.45) is 1.70. The van der Waals surface area contributed by atoms with Crippen molar-refractivity contribution in [3.8, 4) is 0 Å². The molecule has 1 unspecified atom stereocenters. The number of aryl methyl sites for hydroxylation is 1. The number of hydrogen-bond acceptors (Lipinski definition) is 5. The monoisotopic (exact) mass is 309 g/mol. The van der Waals surface area contributed by atoms with Crippen molar-refractivity contribution in [2.45, 2.75) is 19.9 Å². The van der Waals surface area contributed by atoms with Crippen molar-refractivity contribution in [1.82, 2.24) is 10.3 Å². The molecule has 0 spiro atoms. The largest absolute Gasteiger partial charge is 0.343 e. The number of hydrogen-bond donors (Lipinski definition) is 1. The van der Waals surface area contributed by atoms with Gasteiger partial charge in [0.1, 0.15) is 5.01 Å². The van der Waals surface area contributed by atoms with Crippen LogP contribution in [0.3, 0.4) is 0 Å². The van der Waals surface area contributed by atoms with Crippen LogP contribution < -0.4 is 5.32 Å². The van der Waals surface area contributed by atoms with E-state index in [-0.39, 0.29) is 11.6 Å². The van der Waals surface area contributed by atoms with Gasteiger partial charge in [0.2, 0.25) is 5.82 Å². The summed E-state index contributed by atoms with van der Waals surface area (Å²) in [6, 6.07) is 2.70. The topological polar surface area (TPSA) is 85.1 Å². The minimum absolute atomic E-state index is 0.0308. The van der Waals surface area contributed by atoms with Gasteiger partial charge in [-0.15, -0.1) is 11.3 Å². The summed E-state index contributed by atoms with van der Waals surface area (Å²) in [7, 11) is 0. The number of nitro groups is 1. The van der Waals surface area contributed by atoms with Crippen molar-refractivity contribution >= 4 is 22.9 Å². The summed E-state index contributed by atoms with van der Waals surface area (Å²) in [5.74, 6) is -1.49. The smallest absolute Gasteiger partial charge is 0.305 e. The second kappa shape index (κ2) is 5.96. The fraction of sp³-hybridized carbons (Fsp3) is 0.231. The molecule has 2 aromatic rings.